The Labute approximate surface area is 149 Å². The lowest BCUT2D eigenvalue weighted by Crippen LogP contribution is -2.23. The number of hydrogen-bond donors (Lipinski definition) is 0. The maximum absolute atomic E-state index is 8.69. The minimum Gasteiger partial charge on any atom is -0.374 e. The van der Waals surface area contributed by atoms with Crippen molar-refractivity contribution >= 4 is 23.2 Å². The van der Waals surface area contributed by atoms with E-state index in [4.69, 9.17) is 10.3 Å². The van der Waals surface area contributed by atoms with Crippen LogP contribution in [0.3, 0.4) is 0 Å². The van der Waals surface area contributed by atoms with Crippen molar-refractivity contribution in [3.63, 3.8) is 0 Å². The van der Waals surface area contributed by atoms with Crippen LogP contribution < -0.4 is 4.90 Å². The molecule has 0 aliphatic carbocycles. The number of para-hydroxylation sites is 1. The van der Waals surface area contributed by atoms with E-state index < -0.39 is 0 Å². The van der Waals surface area contributed by atoms with Crippen LogP contribution in [0.1, 0.15) is 31.4 Å². The van der Waals surface area contributed by atoms with Gasteiger partial charge in [-0.3, -0.25) is 4.99 Å². The summed E-state index contributed by atoms with van der Waals surface area (Å²) in [5.74, 6) is 0. The van der Waals surface area contributed by atoms with Gasteiger partial charge in [-0.05, 0) is 35.4 Å². The van der Waals surface area contributed by atoms with E-state index in [1.54, 1.807) is 0 Å². The average molecular weight is 329 g/mol. The second-order valence-corrected chi connectivity index (χ2v) is 6.89. The molecule has 0 amide bonds. The maximum Gasteiger partial charge on any atom is 0.0674 e. The molecule has 2 aromatic carbocycles. The summed E-state index contributed by atoms with van der Waals surface area (Å²) in [6.07, 6.45) is 4.77. The van der Waals surface area contributed by atoms with E-state index in [-0.39, 0.29) is 5.41 Å². The fourth-order valence-corrected chi connectivity index (χ4v) is 3.11. The zero-order chi connectivity index (χ0) is 17.9. The Hall–Kier alpha value is -2.86. The van der Waals surface area contributed by atoms with Gasteiger partial charge in [-0.2, -0.15) is 5.26 Å². The Kier molecular flexibility index (Phi) is 4.72. The van der Waals surface area contributed by atoms with Gasteiger partial charge < -0.3 is 4.90 Å². The molecular formula is C22H23N3. The summed E-state index contributed by atoms with van der Waals surface area (Å²) in [5, 5.41) is 8.69. The third-order valence-corrected chi connectivity index (χ3v) is 4.79. The fraction of sp³-hybridized carbons (Fsp3) is 0.273. The molecule has 0 radical (unpaired) electrons. The van der Waals surface area contributed by atoms with Gasteiger partial charge in [0.15, 0.2) is 0 Å². The number of aliphatic imine (C=N–C) groups is 1. The van der Waals surface area contributed by atoms with Crippen LogP contribution in [0.5, 0.6) is 0 Å². The van der Waals surface area contributed by atoms with E-state index >= 15 is 0 Å². The van der Waals surface area contributed by atoms with Gasteiger partial charge in [-0.15, -0.1) is 0 Å². The van der Waals surface area contributed by atoms with Gasteiger partial charge in [0, 0.05) is 24.7 Å². The average Bonchev–Trinajstić information content (AvgIpc) is 2.89. The SMILES string of the molecule is CN(CCC#N)c1ccc(/C=C/C2=Nc3ccccc3C2(C)C)cc1. The maximum atomic E-state index is 8.69. The molecule has 0 bridgehead atoms. The van der Waals surface area contributed by atoms with E-state index in [0.717, 1.165) is 29.2 Å². The molecule has 1 heterocycles. The van der Waals surface area contributed by atoms with Crippen molar-refractivity contribution in [2.45, 2.75) is 25.7 Å². The Balaban J connectivity index is 1.74. The predicted octanol–water partition coefficient (Wildman–Crippen LogP) is 5.11. The van der Waals surface area contributed by atoms with Crippen LogP contribution in [0, 0.1) is 11.3 Å². The quantitative estimate of drug-likeness (QED) is 0.764. The highest BCUT2D eigenvalue weighted by Gasteiger charge is 2.32. The lowest BCUT2D eigenvalue weighted by atomic mass is 9.81. The molecule has 0 saturated heterocycles. The van der Waals surface area contributed by atoms with Crippen molar-refractivity contribution in [1.82, 2.24) is 0 Å². The Bertz CT molecular complexity index is 852. The molecule has 0 fully saturated rings. The smallest absolute Gasteiger partial charge is 0.0674 e. The Morgan fingerprint density at radius 1 is 1.08 bits per heavy atom. The molecule has 1 aliphatic heterocycles. The summed E-state index contributed by atoms with van der Waals surface area (Å²) in [6, 6.07) is 18.9. The first-order chi connectivity index (χ1) is 12.0. The highest BCUT2D eigenvalue weighted by atomic mass is 15.1. The Morgan fingerprint density at radius 3 is 2.48 bits per heavy atom. The van der Waals surface area contributed by atoms with Crippen molar-refractivity contribution in [3.8, 4) is 6.07 Å². The number of benzene rings is 2. The summed E-state index contributed by atoms with van der Waals surface area (Å²) in [6.45, 7) is 5.18. The summed E-state index contributed by atoms with van der Waals surface area (Å²) < 4.78 is 0. The van der Waals surface area contributed by atoms with Crippen LogP contribution in [0.2, 0.25) is 0 Å². The van der Waals surface area contributed by atoms with Crippen LogP contribution in [-0.4, -0.2) is 19.3 Å². The van der Waals surface area contributed by atoms with Gasteiger partial charge in [0.05, 0.1) is 23.9 Å². The molecule has 0 N–H and O–H groups in total. The molecule has 0 aromatic heterocycles. The second kappa shape index (κ2) is 6.94. The summed E-state index contributed by atoms with van der Waals surface area (Å²) in [7, 11) is 2.01. The minimum atomic E-state index is -0.0649. The summed E-state index contributed by atoms with van der Waals surface area (Å²) >= 11 is 0. The van der Waals surface area contributed by atoms with Crippen LogP contribution in [0.25, 0.3) is 6.08 Å². The molecule has 126 valence electrons. The highest BCUT2D eigenvalue weighted by Crippen LogP contribution is 2.40. The van der Waals surface area contributed by atoms with E-state index in [0.29, 0.717) is 6.42 Å². The van der Waals surface area contributed by atoms with Crippen molar-refractivity contribution in [3.05, 3.63) is 65.7 Å². The van der Waals surface area contributed by atoms with E-state index in [1.807, 2.05) is 13.1 Å². The molecule has 0 unspecified atom stereocenters. The van der Waals surface area contributed by atoms with E-state index in [9.17, 15) is 0 Å². The number of fused-ring (bicyclic) bond motifs is 1. The second-order valence-electron chi connectivity index (χ2n) is 6.89. The molecule has 2 aromatic rings. The number of anilines is 1. The number of nitrogens with zero attached hydrogens (tertiary/aromatic N) is 3. The number of allylic oxidation sites excluding steroid dienone is 1. The van der Waals surface area contributed by atoms with Crippen molar-refractivity contribution < 1.29 is 0 Å². The molecule has 1 aliphatic rings. The standard InChI is InChI=1S/C22H23N3/c1-22(2)19-7-4-5-8-20(19)24-21(22)14-11-17-9-12-18(13-10-17)25(3)16-6-15-23/h4-5,7-14H,6,16H2,1-3H3/b14-11+. The first-order valence-electron chi connectivity index (χ1n) is 8.57. The third kappa shape index (κ3) is 3.49. The molecule has 0 atom stereocenters. The summed E-state index contributed by atoms with van der Waals surface area (Å²) in [5.41, 5.74) is 5.64. The van der Waals surface area contributed by atoms with Gasteiger partial charge in [-0.25, -0.2) is 0 Å². The van der Waals surface area contributed by atoms with Gasteiger partial charge >= 0.3 is 0 Å². The monoisotopic (exact) mass is 329 g/mol. The van der Waals surface area contributed by atoms with Crippen molar-refractivity contribution in [2.75, 3.05) is 18.5 Å². The van der Waals surface area contributed by atoms with Crippen LogP contribution in [0.15, 0.2) is 59.6 Å². The largest absolute Gasteiger partial charge is 0.374 e. The lowest BCUT2D eigenvalue weighted by Gasteiger charge is -2.20. The molecule has 0 spiro atoms. The number of hydrogen-bond acceptors (Lipinski definition) is 3. The fourth-order valence-electron chi connectivity index (χ4n) is 3.11. The molecule has 25 heavy (non-hydrogen) atoms. The first kappa shape index (κ1) is 17.0. The van der Waals surface area contributed by atoms with Gasteiger partial charge in [0.2, 0.25) is 0 Å². The highest BCUT2D eigenvalue weighted by molar-refractivity contribution is 6.10. The summed E-state index contributed by atoms with van der Waals surface area (Å²) in [4.78, 5) is 6.88. The number of rotatable bonds is 5. The van der Waals surface area contributed by atoms with Crippen molar-refractivity contribution in [2.24, 2.45) is 4.99 Å². The molecule has 3 nitrogen and oxygen atoms in total. The molecule has 3 heteroatoms. The zero-order valence-corrected chi connectivity index (χ0v) is 15.0. The van der Waals surface area contributed by atoms with Crippen LogP contribution in [0.4, 0.5) is 11.4 Å². The molecular weight excluding hydrogens is 306 g/mol. The van der Waals surface area contributed by atoms with Gasteiger partial charge in [-0.1, -0.05) is 50.3 Å². The number of nitriles is 1. The van der Waals surface area contributed by atoms with E-state index in [2.05, 4.69) is 79.4 Å². The third-order valence-electron chi connectivity index (χ3n) is 4.79. The van der Waals surface area contributed by atoms with Crippen LogP contribution >= 0.6 is 0 Å². The van der Waals surface area contributed by atoms with Crippen LogP contribution in [-0.2, 0) is 5.41 Å². The Morgan fingerprint density at radius 2 is 1.80 bits per heavy atom. The minimum absolute atomic E-state index is 0.0649. The lowest BCUT2D eigenvalue weighted by molar-refractivity contribution is 0.740. The zero-order valence-electron chi connectivity index (χ0n) is 15.0. The molecule has 0 saturated carbocycles. The van der Waals surface area contributed by atoms with Gasteiger partial charge in [0.1, 0.15) is 0 Å². The van der Waals surface area contributed by atoms with Gasteiger partial charge in [0.25, 0.3) is 0 Å². The predicted molar refractivity (Wildman–Crippen MR) is 106 cm³/mol. The van der Waals surface area contributed by atoms with E-state index in [1.165, 1.54) is 5.56 Å². The van der Waals surface area contributed by atoms with Crippen molar-refractivity contribution in [1.29, 1.82) is 5.26 Å². The first-order valence-corrected chi connectivity index (χ1v) is 8.57. The topological polar surface area (TPSA) is 39.4 Å². The molecule has 3 rings (SSSR count). The normalized spacial score (nSPS) is 14.9.